The Morgan fingerprint density at radius 2 is 2.18 bits per heavy atom. The second kappa shape index (κ2) is 3.98. The maximum Gasteiger partial charge on any atom is 0.0600 e. The molecule has 0 radical (unpaired) electrons. The molecule has 0 aliphatic carbocycles. The van der Waals surface area contributed by atoms with Crippen LogP contribution in [0, 0.1) is 0 Å². The lowest BCUT2D eigenvalue weighted by Gasteiger charge is -2.03. The molecule has 1 nitrogen and oxygen atoms in total. The summed E-state index contributed by atoms with van der Waals surface area (Å²) in [5.41, 5.74) is 0. The summed E-state index contributed by atoms with van der Waals surface area (Å²) in [6.07, 6.45) is 3.47. The number of hydrogen-bond donors (Lipinski definition) is 0. The van der Waals surface area contributed by atoms with Crippen molar-refractivity contribution >= 4 is 23.4 Å². The highest BCUT2D eigenvalue weighted by Gasteiger charge is 1.98. The minimum atomic E-state index is 0.579. The molecule has 0 saturated heterocycles. The van der Waals surface area contributed by atoms with E-state index in [-0.39, 0.29) is 0 Å². The minimum Gasteiger partial charge on any atom is -0.262 e. The van der Waals surface area contributed by atoms with E-state index in [9.17, 15) is 0 Å². The number of aromatic nitrogens is 1. The fraction of sp³-hybridized carbons (Fsp3) is 0.375. The third-order valence-corrected chi connectivity index (χ3v) is 2.23. The first-order chi connectivity index (χ1) is 5.18. The number of pyridine rings is 1. The van der Waals surface area contributed by atoms with Gasteiger partial charge in [-0.15, -0.1) is 11.8 Å². The van der Waals surface area contributed by atoms with Crippen LogP contribution in [-0.4, -0.2) is 10.2 Å². The van der Waals surface area contributed by atoms with E-state index in [1.54, 1.807) is 18.0 Å². The number of rotatable bonds is 2. The molecule has 1 heterocycles. The molecule has 3 heteroatoms. The molecule has 1 aromatic heterocycles. The summed E-state index contributed by atoms with van der Waals surface area (Å²) in [6.45, 7) is 4.29. The van der Waals surface area contributed by atoms with Gasteiger partial charge in [0.15, 0.2) is 0 Å². The molecule has 0 aliphatic rings. The van der Waals surface area contributed by atoms with Crippen molar-refractivity contribution in [3.8, 4) is 0 Å². The zero-order chi connectivity index (χ0) is 8.27. The van der Waals surface area contributed by atoms with Crippen molar-refractivity contribution in [3.63, 3.8) is 0 Å². The highest BCUT2D eigenvalue weighted by atomic mass is 35.5. The van der Waals surface area contributed by atoms with Crippen molar-refractivity contribution < 1.29 is 0 Å². The summed E-state index contributed by atoms with van der Waals surface area (Å²) in [6, 6.07) is 1.93. The highest BCUT2D eigenvalue weighted by Crippen LogP contribution is 2.23. The lowest BCUT2D eigenvalue weighted by molar-refractivity contribution is 1.10. The van der Waals surface area contributed by atoms with Gasteiger partial charge in [-0.05, 0) is 6.07 Å². The van der Waals surface area contributed by atoms with Crippen LogP contribution in [0.3, 0.4) is 0 Å². The van der Waals surface area contributed by atoms with Crippen LogP contribution in [0.25, 0.3) is 0 Å². The van der Waals surface area contributed by atoms with E-state index in [0.29, 0.717) is 10.3 Å². The third-order valence-electron chi connectivity index (χ3n) is 1.05. The average Bonchev–Trinajstić information content (AvgIpc) is 1.85. The molecule has 0 aliphatic heterocycles. The fourth-order valence-electron chi connectivity index (χ4n) is 0.729. The Labute approximate surface area is 76.2 Å². The van der Waals surface area contributed by atoms with E-state index in [4.69, 9.17) is 11.6 Å². The second-order valence-corrected chi connectivity index (χ2v) is 4.59. The standard InChI is InChI=1S/C8H10ClNS/c1-6(2)11-8-3-7(9)4-10-5-8/h3-6H,1-2H3. The molecule has 0 bridgehead atoms. The van der Waals surface area contributed by atoms with Crippen molar-refractivity contribution in [2.24, 2.45) is 0 Å². The Balaban J connectivity index is 2.71. The lowest BCUT2D eigenvalue weighted by Crippen LogP contribution is -1.86. The molecule has 0 N–H and O–H groups in total. The summed E-state index contributed by atoms with van der Waals surface area (Å²) >= 11 is 7.52. The van der Waals surface area contributed by atoms with Gasteiger partial charge in [0, 0.05) is 22.5 Å². The SMILES string of the molecule is CC(C)Sc1cncc(Cl)c1. The molecule has 0 amide bonds. The van der Waals surface area contributed by atoms with Crippen LogP contribution in [0.1, 0.15) is 13.8 Å². The van der Waals surface area contributed by atoms with Gasteiger partial charge in [0.25, 0.3) is 0 Å². The van der Waals surface area contributed by atoms with E-state index in [1.165, 1.54) is 0 Å². The van der Waals surface area contributed by atoms with Crippen LogP contribution < -0.4 is 0 Å². The molecule has 60 valence electrons. The van der Waals surface area contributed by atoms with Gasteiger partial charge in [-0.2, -0.15) is 0 Å². The molecule has 0 atom stereocenters. The molecule has 0 aromatic carbocycles. The predicted octanol–water partition coefficient (Wildman–Crippen LogP) is 3.24. The first-order valence-corrected chi connectivity index (χ1v) is 4.71. The Morgan fingerprint density at radius 3 is 2.73 bits per heavy atom. The average molecular weight is 188 g/mol. The van der Waals surface area contributed by atoms with Crippen LogP contribution in [0.5, 0.6) is 0 Å². The topological polar surface area (TPSA) is 12.9 Å². The summed E-state index contributed by atoms with van der Waals surface area (Å²) in [4.78, 5) is 5.12. The normalized spacial score (nSPS) is 10.5. The van der Waals surface area contributed by atoms with Gasteiger partial charge in [0.1, 0.15) is 0 Å². The van der Waals surface area contributed by atoms with Crippen molar-refractivity contribution in [1.29, 1.82) is 0 Å². The fourth-order valence-corrected chi connectivity index (χ4v) is 1.83. The molecular weight excluding hydrogens is 178 g/mol. The summed E-state index contributed by atoms with van der Waals surface area (Å²) in [5.74, 6) is 0. The van der Waals surface area contributed by atoms with Crippen LogP contribution >= 0.6 is 23.4 Å². The smallest absolute Gasteiger partial charge is 0.0600 e. The Kier molecular flexibility index (Phi) is 3.21. The predicted molar refractivity (Wildman–Crippen MR) is 50.2 cm³/mol. The van der Waals surface area contributed by atoms with E-state index in [2.05, 4.69) is 18.8 Å². The molecule has 1 aromatic rings. The quantitative estimate of drug-likeness (QED) is 0.660. The van der Waals surface area contributed by atoms with Gasteiger partial charge in [-0.1, -0.05) is 25.4 Å². The summed E-state index contributed by atoms with van der Waals surface area (Å²) < 4.78 is 0. The molecule has 0 saturated carbocycles. The first kappa shape index (κ1) is 8.88. The Hall–Kier alpha value is -0.210. The third kappa shape index (κ3) is 3.12. The highest BCUT2D eigenvalue weighted by molar-refractivity contribution is 7.99. The molecule has 0 unspecified atom stereocenters. The maximum absolute atomic E-state index is 5.75. The van der Waals surface area contributed by atoms with Crippen molar-refractivity contribution in [1.82, 2.24) is 4.98 Å². The molecule has 0 spiro atoms. The molecule has 1 rings (SSSR count). The monoisotopic (exact) mass is 187 g/mol. The van der Waals surface area contributed by atoms with E-state index in [1.807, 2.05) is 12.3 Å². The zero-order valence-corrected chi connectivity index (χ0v) is 8.12. The van der Waals surface area contributed by atoms with Crippen LogP contribution in [0.2, 0.25) is 5.02 Å². The van der Waals surface area contributed by atoms with Gasteiger partial charge < -0.3 is 0 Å². The Morgan fingerprint density at radius 1 is 1.45 bits per heavy atom. The van der Waals surface area contributed by atoms with E-state index >= 15 is 0 Å². The van der Waals surface area contributed by atoms with Gasteiger partial charge >= 0.3 is 0 Å². The van der Waals surface area contributed by atoms with Crippen molar-refractivity contribution in [3.05, 3.63) is 23.5 Å². The number of nitrogens with zero attached hydrogens (tertiary/aromatic N) is 1. The molecule has 11 heavy (non-hydrogen) atoms. The van der Waals surface area contributed by atoms with Gasteiger partial charge in [0.2, 0.25) is 0 Å². The first-order valence-electron chi connectivity index (χ1n) is 3.45. The number of hydrogen-bond acceptors (Lipinski definition) is 2. The van der Waals surface area contributed by atoms with Crippen molar-refractivity contribution in [2.45, 2.75) is 24.0 Å². The Bertz CT molecular complexity index is 237. The van der Waals surface area contributed by atoms with Crippen LogP contribution in [-0.2, 0) is 0 Å². The number of thioether (sulfide) groups is 1. The largest absolute Gasteiger partial charge is 0.262 e. The number of halogens is 1. The molecular formula is C8H10ClNS. The molecule has 0 fully saturated rings. The van der Waals surface area contributed by atoms with Gasteiger partial charge in [0.05, 0.1) is 5.02 Å². The minimum absolute atomic E-state index is 0.579. The van der Waals surface area contributed by atoms with Crippen LogP contribution in [0.15, 0.2) is 23.4 Å². The van der Waals surface area contributed by atoms with E-state index in [0.717, 1.165) is 4.90 Å². The summed E-state index contributed by atoms with van der Waals surface area (Å²) in [7, 11) is 0. The van der Waals surface area contributed by atoms with Crippen molar-refractivity contribution in [2.75, 3.05) is 0 Å². The van der Waals surface area contributed by atoms with Crippen LogP contribution in [0.4, 0.5) is 0 Å². The maximum atomic E-state index is 5.75. The second-order valence-electron chi connectivity index (χ2n) is 2.51. The van der Waals surface area contributed by atoms with E-state index < -0.39 is 0 Å². The zero-order valence-electron chi connectivity index (χ0n) is 6.54. The lowest BCUT2D eigenvalue weighted by atomic mass is 10.5. The summed E-state index contributed by atoms with van der Waals surface area (Å²) in [5, 5.41) is 1.28. The van der Waals surface area contributed by atoms with Gasteiger partial charge in [-0.25, -0.2) is 0 Å². The van der Waals surface area contributed by atoms with Gasteiger partial charge in [-0.3, -0.25) is 4.98 Å².